The number of nitrogens with zero attached hydrogens (tertiary/aromatic N) is 2. The average Bonchev–Trinajstić information content (AvgIpc) is 3.21. The van der Waals surface area contributed by atoms with Gasteiger partial charge in [-0.1, -0.05) is 66.2 Å². The van der Waals surface area contributed by atoms with Crippen molar-refractivity contribution < 1.29 is 9.57 Å². The highest BCUT2D eigenvalue weighted by atomic mass is 16.6. The molecule has 0 radical (unpaired) electrons. The second-order valence-corrected chi connectivity index (χ2v) is 8.33. The Balaban J connectivity index is 1.59. The van der Waals surface area contributed by atoms with Crippen LogP contribution < -0.4 is 4.74 Å². The second-order valence-electron chi connectivity index (χ2n) is 8.33. The van der Waals surface area contributed by atoms with Gasteiger partial charge in [-0.05, 0) is 36.1 Å². The minimum Gasteiger partial charge on any atom is -0.497 e. The Morgan fingerprint density at radius 2 is 1.77 bits per heavy atom. The van der Waals surface area contributed by atoms with Crippen molar-refractivity contribution in [2.24, 2.45) is 11.1 Å². The minimum atomic E-state index is -0.278. The fraction of sp³-hybridized carbons (Fsp3) is 0.308. The number of H-pyrrole nitrogens is 1. The van der Waals surface area contributed by atoms with E-state index in [1.54, 1.807) is 14.2 Å². The molecule has 0 spiro atoms. The maximum absolute atomic E-state index is 5.38. The molecule has 5 heteroatoms. The Kier molecular flexibility index (Phi) is 5.10. The van der Waals surface area contributed by atoms with Crippen molar-refractivity contribution in [3.05, 3.63) is 88.8 Å². The fourth-order valence-corrected chi connectivity index (χ4v) is 4.74. The largest absolute Gasteiger partial charge is 0.497 e. The zero-order valence-corrected chi connectivity index (χ0v) is 18.0. The smallest absolute Gasteiger partial charge is 0.118 e. The van der Waals surface area contributed by atoms with Gasteiger partial charge in [0.25, 0.3) is 0 Å². The van der Waals surface area contributed by atoms with Crippen LogP contribution in [0.25, 0.3) is 6.08 Å². The monoisotopic (exact) mass is 413 g/mol. The molecule has 1 heterocycles. The summed E-state index contributed by atoms with van der Waals surface area (Å²) in [5, 5.41) is 12.4. The molecular formula is C26H27N3O2. The number of nitrogens with one attached hydrogen (secondary N) is 1. The normalized spacial score (nSPS) is 20.8. The summed E-state index contributed by atoms with van der Waals surface area (Å²) in [7, 11) is 3.31. The first-order chi connectivity index (χ1) is 15.2. The summed E-state index contributed by atoms with van der Waals surface area (Å²) in [6.07, 6.45) is 8.85. The Hall–Kier alpha value is -3.34. The Bertz CT molecular complexity index is 1110. The predicted octanol–water partition coefficient (Wildman–Crippen LogP) is 5.12. The number of allylic oxidation sites excluding steroid dienone is 1. The quantitative estimate of drug-likeness (QED) is 0.450. The van der Waals surface area contributed by atoms with Crippen LogP contribution >= 0.6 is 0 Å². The SMILES string of the molecule is CON=C(c1n[nH]c2c1C=CC(c1ccccc1)(c1ccc(OC)cc1)C2)C1CCC1. The highest BCUT2D eigenvalue weighted by Gasteiger charge is 2.38. The van der Waals surface area contributed by atoms with Crippen LogP contribution in [-0.4, -0.2) is 30.1 Å². The third kappa shape index (κ3) is 3.34. The third-order valence-corrected chi connectivity index (χ3v) is 6.69. The number of methoxy groups -OCH3 is 1. The van der Waals surface area contributed by atoms with Crippen LogP contribution in [0.1, 0.15) is 47.3 Å². The maximum atomic E-state index is 5.38. The molecule has 1 N–H and O–H groups in total. The van der Waals surface area contributed by atoms with Crippen molar-refractivity contribution in [1.29, 1.82) is 0 Å². The lowest BCUT2D eigenvalue weighted by Gasteiger charge is -2.34. The van der Waals surface area contributed by atoms with Crippen LogP contribution in [0, 0.1) is 5.92 Å². The number of aromatic nitrogens is 2. The topological polar surface area (TPSA) is 59.5 Å². The van der Waals surface area contributed by atoms with Gasteiger partial charge in [-0.2, -0.15) is 5.10 Å². The van der Waals surface area contributed by atoms with Gasteiger partial charge in [0, 0.05) is 29.0 Å². The molecule has 0 aliphatic heterocycles. The Morgan fingerprint density at radius 3 is 2.42 bits per heavy atom. The van der Waals surface area contributed by atoms with Crippen LogP contribution in [0.2, 0.25) is 0 Å². The molecule has 1 unspecified atom stereocenters. The minimum absolute atomic E-state index is 0.278. The van der Waals surface area contributed by atoms with Crippen molar-refractivity contribution in [2.75, 3.05) is 14.2 Å². The lowest BCUT2D eigenvalue weighted by molar-refractivity contribution is 0.208. The molecule has 0 bridgehead atoms. The van der Waals surface area contributed by atoms with Crippen molar-refractivity contribution >= 4 is 11.8 Å². The summed E-state index contributed by atoms with van der Waals surface area (Å²) < 4.78 is 5.38. The van der Waals surface area contributed by atoms with Crippen LogP contribution in [0.3, 0.4) is 0 Å². The van der Waals surface area contributed by atoms with E-state index >= 15 is 0 Å². The number of oxime groups is 1. The van der Waals surface area contributed by atoms with Gasteiger partial charge in [0.2, 0.25) is 0 Å². The summed E-state index contributed by atoms with van der Waals surface area (Å²) in [4.78, 5) is 5.18. The second kappa shape index (κ2) is 8.06. The van der Waals surface area contributed by atoms with E-state index in [1.165, 1.54) is 17.5 Å². The van der Waals surface area contributed by atoms with Gasteiger partial charge < -0.3 is 9.57 Å². The van der Waals surface area contributed by atoms with Gasteiger partial charge in [-0.25, -0.2) is 0 Å². The number of fused-ring (bicyclic) bond motifs is 1. The summed E-state index contributed by atoms with van der Waals surface area (Å²) >= 11 is 0. The van der Waals surface area contributed by atoms with Crippen molar-refractivity contribution in [1.82, 2.24) is 10.2 Å². The highest BCUT2D eigenvalue weighted by Crippen LogP contribution is 2.43. The van der Waals surface area contributed by atoms with Crippen molar-refractivity contribution in [2.45, 2.75) is 31.1 Å². The summed E-state index contributed by atoms with van der Waals surface area (Å²) in [5.74, 6) is 1.29. The molecule has 0 saturated heterocycles. The fourth-order valence-electron chi connectivity index (χ4n) is 4.74. The van der Waals surface area contributed by atoms with Crippen LogP contribution in [0.4, 0.5) is 0 Å². The average molecular weight is 414 g/mol. The molecule has 31 heavy (non-hydrogen) atoms. The Morgan fingerprint density at radius 1 is 1.03 bits per heavy atom. The first kappa shape index (κ1) is 19.6. The molecule has 2 aliphatic carbocycles. The molecule has 1 saturated carbocycles. The number of benzene rings is 2. The van der Waals surface area contributed by atoms with Gasteiger partial charge >= 0.3 is 0 Å². The molecule has 3 aromatic rings. The lowest BCUT2D eigenvalue weighted by Crippen LogP contribution is -2.31. The van der Waals surface area contributed by atoms with Gasteiger partial charge in [-0.3, -0.25) is 5.10 Å². The lowest BCUT2D eigenvalue weighted by atomic mass is 9.68. The molecule has 2 aromatic carbocycles. The molecule has 5 rings (SSSR count). The van der Waals surface area contributed by atoms with Gasteiger partial charge in [-0.15, -0.1) is 0 Å². The van der Waals surface area contributed by atoms with E-state index in [-0.39, 0.29) is 5.41 Å². The van der Waals surface area contributed by atoms with Gasteiger partial charge in [0.15, 0.2) is 0 Å². The molecule has 158 valence electrons. The van der Waals surface area contributed by atoms with Crippen LogP contribution in [0.5, 0.6) is 5.75 Å². The van der Waals surface area contributed by atoms with E-state index in [9.17, 15) is 0 Å². The summed E-state index contributed by atoms with van der Waals surface area (Å²) in [5.41, 5.74) is 6.34. The van der Waals surface area contributed by atoms with E-state index in [1.807, 2.05) is 12.1 Å². The van der Waals surface area contributed by atoms with Crippen LogP contribution in [0.15, 0.2) is 65.8 Å². The predicted molar refractivity (Wildman–Crippen MR) is 122 cm³/mol. The summed E-state index contributed by atoms with van der Waals surface area (Å²) in [6, 6.07) is 19.0. The van der Waals surface area contributed by atoms with E-state index in [0.29, 0.717) is 5.92 Å². The van der Waals surface area contributed by atoms with E-state index in [0.717, 1.165) is 47.7 Å². The maximum Gasteiger partial charge on any atom is 0.118 e. The molecule has 1 aromatic heterocycles. The summed E-state index contributed by atoms with van der Waals surface area (Å²) in [6.45, 7) is 0. The zero-order chi connectivity index (χ0) is 21.3. The molecule has 0 amide bonds. The number of rotatable bonds is 6. The first-order valence-corrected chi connectivity index (χ1v) is 10.8. The van der Waals surface area contributed by atoms with Crippen LogP contribution in [-0.2, 0) is 16.7 Å². The standard InChI is InChI=1S/C26H27N3O2/c1-30-21-13-11-20(12-14-21)26(19-9-4-3-5-10-19)16-15-22-23(17-26)27-28-25(22)24(29-31-2)18-7-6-8-18/h3-5,9-16,18H,6-8,17H2,1-2H3,(H,27,28). The van der Waals surface area contributed by atoms with E-state index in [4.69, 9.17) is 14.7 Å². The number of ether oxygens (including phenoxy) is 1. The third-order valence-electron chi connectivity index (χ3n) is 6.69. The van der Waals surface area contributed by atoms with Crippen molar-refractivity contribution in [3.63, 3.8) is 0 Å². The first-order valence-electron chi connectivity index (χ1n) is 10.8. The Labute approximate surface area is 182 Å². The number of hydrogen-bond donors (Lipinski definition) is 1. The molecule has 2 aliphatic rings. The molecule has 1 atom stereocenters. The van der Waals surface area contributed by atoms with Gasteiger partial charge in [0.1, 0.15) is 24.3 Å². The number of aromatic amines is 1. The van der Waals surface area contributed by atoms with E-state index < -0.39 is 0 Å². The number of hydrogen-bond acceptors (Lipinski definition) is 4. The van der Waals surface area contributed by atoms with Crippen molar-refractivity contribution in [3.8, 4) is 5.75 Å². The van der Waals surface area contributed by atoms with Gasteiger partial charge in [0.05, 0.1) is 7.11 Å². The molecule has 5 nitrogen and oxygen atoms in total. The zero-order valence-electron chi connectivity index (χ0n) is 18.0. The van der Waals surface area contributed by atoms with E-state index in [2.05, 4.69) is 64.9 Å². The highest BCUT2D eigenvalue weighted by molar-refractivity contribution is 6.04. The molecule has 1 fully saturated rings. The molecular weight excluding hydrogens is 386 g/mol.